The van der Waals surface area contributed by atoms with Gasteiger partial charge in [0.1, 0.15) is 14.1 Å². The standard InChI is InChI=1S/C18H25BrN2O2Si/c1-18(2,3)24(4,5)11-7-10-15(16(20)22)21-17(23)13-8-6-9-14(19)12-13/h6,8-9,12,15H,10H2,1-5H3,(H2,20,22)(H,21,23)/t15-/m0/s1. The van der Waals surface area contributed by atoms with Gasteiger partial charge in [0.05, 0.1) is 0 Å². The van der Waals surface area contributed by atoms with E-state index >= 15 is 0 Å². The summed E-state index contributed by atoms with van der Waals surface area (Å²) in [4.78, 5) is 23.9. The van der Waals surface area contributed by atoms with Crippen molar-refractivity contribution in [2.75, 3.05) is 0 Å². The Balaban J connectivity index is 2.83. The van der Waals surface area contributed by atoms with E-state index in [9.17, 15) is 9.59 Å². The lowest BCUT2D eigenvalue weighted by Crippen LogP contribution is -2.44. The van der Waals surface area contributed by atoms with E-state index in [1.807, 2.05) is 6.07 Å². The maximum atomic E-state index is 12.3. The van der Waals surface area contributed by atoms with Crippen LogP contribution in [0.5, 0.6) is 0 Å². The molecule has 1 aromatic carbocycles. The van der Waals surface area contributed by atoms with Crippen LogP contribution in [0.3, 0.4) is 0 Å². The highest BCUT2D eigenvalue weighted by atomic mass is 79.9. The molecule has 4 nitrogen and oxygen atoms in total. The number of nitrogens with one attached hydrogen (secondary N) is 1. The molecule has 0 heterocycles. The number of amides is 2. The van der Waals surface area contributed by atoms with E-state index in [1.165, 1.54) is 0 Å². The van der Waals surface area contributed by atoms with Crippen LogP contribution in [0.15, 0.2) is 28.7 Å². The number of carbonyl (C=O) groups excluding carboxylic acids is 2. The number of primary amides is 1. The minimum absolute atomic E-state index is 0.141. The van der Waals surface area contributed by atoms with Crippen molar-refractivity contribution in [3.05, 3.63) is 34.3 Å². The molecule has 1 rings (SSSR count). The first-order valence-corrected chi connectivity index (χ1v) is 11.6. The molecule has 0 unspecified atom stereocenters. The van der Waals surface area contributed by atoms with Crippen LogP contribution < -0.4 is 11.1 Å². The van der Waals surface area contributed by atoms with Gasteiger partial charge in [-0.1, -0.05) is 55.9 Å². The lowest BCUT2D eigenvalue weighted by molar-refractivity contribution is -0.119. The molecule has 130 valence electrons. The van der Waals surface area contributed by atoms with Gasteiger partial charge in [0.15, 0.2) is 0 Å². The van der Waals surface area contributed by atoms with Gasteiger partial charge in [0.25, 0.3) is 5.91 Å². The monoisotopic (exact) mass is 408 g/mol. The van der Waals surface area contributed by atoms with Gasteiger partial charge in [-0.15, -0.1) is 11.5 Å². The van der Waals surface area contributed by atoms with E-state index < -0.39 is 20.0 Å². The molecule has 6 heteroatoms. The Morgan fingerprint density at radius 1 is 1.33 bits per heavy atom. The zero-order valence-corrected chi connectivity index (χ0v) is 17.5. The Hall–Kier alpha value is -1.58. The molecule has 0 fully saturated rings. The number of rotatable bonds is 4. The first-order chi connectivity index (χ1) is 10.9. The Morgan fingerprint density at radius 3 is 2.46 bits per heavy atom. The zero-order chi connectivity index (χ0) is 18.5. The van der Waals surface area contributed by atoms with Crippen molar-refractivity contribution < 1.29 is 9.59 Å². The molecule has 3 N–H and O–H groups in total. The fourth-order valence-electron chi connectivity index (χ4n) is 1.66. The first kappa shape index (κ1) is 20.5. The van der Waals surface area contributed by atoms with Crippen LogP contribution in [0, 0.1) is 11.5 Å². The third kappa shape index (κ3) is 5.80. The minimum atomic E-state index is -1.75. The molecular formula is C18H25BrN2O2Si. The van der Waals surface area contributed by atoms with Crippen molar-refractivity contribution in [2.45, 2.75) is 51.4 Å². The maximum absolute atomic E-state index is 12.3. The average Bonchev–Trinajstić information content (AvgIpc) is 2.44. The molecule has 1 aromatic rings. The number of nitrogens with two attached hydrogens (primary N) is 1. The minimum Gasteiger partial charge on any atom is -0.368 e. The smallest absolute Gasteiger partial charge is 0.251 e. The summed E-state index contributed by atoms with van der Waals surface area (Å²) in [5.74, 6) is 2.15. The first-order valence-electron chi connectivity index (χ1n) is 7.80. The highest BCUT2D eigenvalue weighted by Crippen LogP contribution is 2.35. The lowest BCUT2D eigenvalue weighted by Gasteiger charge is -2.31. The molecule has 0 bridgehead atoms. The molecule has 0 aliphatic rings. The summed E-state index contributed by atoms with van der Waals surface area (Å²) < 4.78 is 0.795. The van der Waals surface area contributed by atoms with Crippen molar-refractivity contribution in [3.63, 3.8) is 0 Å². The van der Waals surface area contributed by atoms with E-state index in [4.69, 9.17) is 5.73 Å². The van der Waals surface area contributed by atoms with E-state index in [0.29, 0.717) is 5.56 Å². The molecule has 1 atom stereocenters. The molecule has 0 aromatic heterocycles. The molecule has 0 saturated carbocycles. The molecule has 2 amide bonds. The van der Waals surface area contributed by atoms with Gasteiger partial charge in [-0.25, -0.2) is 0 Å². The Morgan fingerprint density at radius 2 is 1.96 bits per heavy atom. The third-order valence-electron chi connectivity index (χ3n) is 4.32. The van der Waals surface area contributed by atoms with Crippen molar-refractivity contribution in [1.82, 2.24) is 5.32 Å². The summed E-state index contributed by atoms with van der Waals surface area (Å²) in [7, 11) is -1.75. The molecular weight excluding hydrogens is 384 g/mol. The predicted molar refractivity (Wildman–Crippen MR) is 104 cm³/mol. The van der Waals surface area contributed by atoms with Gasteiger partial charge in [0.2, 0.25) is 5.91 Å². The third-order valence-corrected chi connectivity index (χ3v) is 9.36. The van der Waals surface area contributed by atoms with Gasteiger partial charge in [-0.2, -0.15) is 0 Å². The van der Waals surface area contributed by atoms with Crippen LogP contribution in [0.1, 0.15) is 37.6 Å². The molecule has 0 saturated heterocycles. The van der Waals surface area contributed by atoms with Gasteiger partial charge in [-0.3, -0.25) is 9.59 Å². The summed E-state index contributed by atoms with van der Waals surface area (Å²) >= 11 is 3.32. The highest BCUT2D eigenvalue weighted by molar-refractivity contribution is 9.10. The van der Waals surface area contributed by atoms with Gasteiger partial charge in [-0.05, 0) is 23.2 Å². The summed E-state index contributed by atoms with van der Waals surface area (Å²) in [6.07, 6.45) is 0.224. The van der Waals surface area contributed by atoms with Gasteiger partial charge < -0.3 is 11.1 Å². The van der Waals surface area contributed by atoms with E-state index in [-0.39, 0.29) is 17.4 Å². The predicted octanol–water partition coefficient (Wildman–Crippen LogP) is 3.47. The highest BCUT2D eigenvalue weighted by Gasteiger charge is 2.33. The van der Waals surface area contributed by atoms with E-state index in [0.717, 1.165) is 4.47 Å². The Bertz CT molecular complexity index is 684. The number of hydrogen-bond donors (Lipinski definition) is 2. The fourth-order valence-corrected chi connectivity index (χ4v) is 2.97. The largest absolute Gasteiger partial charge is 0.368 e. The molecule has 24 heavy (non-hydrogen) atoms. The summed E-state index contributed by atoms with van der Waals surface area (Å²) in [5.41, 5.74) is 9.20. The van der Waals surface area contributed by atoms with Crippen LogP contribution in [-0.2, 0) is 4.79 Å². The number of benzene rings is 1. The zero-order valence-electron chi connectivity index (χ0n) is 14.9. The number of carbonyl (C=O) groups is 2. The summed E-state index contributed by atoms with van der Waals surface area (Å²) in [6, 6.07) is 6.16. The van der Waals surface area contributed by atoms with Crippen molar-refractivity contribution in [1.29, 1.82) is 0 Å². The second kappa shape index (κ2) is 7.99. The maximum Gasteiger partial charge on any atom is 0.251 e. The van der Waals surface area contributed by atoms with Crippen LogP contribution in [0.25, 0.3) is 0 Å². The van der Waals surface area contributed by atoms with Crippen LogP contribution in [0.4, 0.5) is 0 Å². The summed E-state index contributed by atoms with van der Waals surface area (Å²) in [5, 5.41) is 2.80. The number of halogens is 1. The molecule has 0 aliphatic carbocycles. The fraction of sp³-hybridized carbons (Fsp3) is 0.444. The van der Waals surface area contributed by atoms with Crippen molar-refractivity contribution in [2.24, 2.45) is 5.73 Å². The molecule has 0 spiro atoms. The normalized spacial score (nSPS) is 12.8. The summed E-state index contributed by atoms with van der Waals surface area (Å²) in [6.45, 7) is 10.9. The number of hydrogen-bond acceptors (Lipinski definition) is 2. The average molecular weight is 409 g/mol. The topological polar surface area (TPSA) is 72.2 Å². The van der Waals surface area contributed by atoms with Gasteiger partial charge >= 0.3 is 0 Å². The second-order valence-corrected chi connectivity index (χ2v) is 13.2. The molecule has 0 radical (unpaired) electrons. The van der Waals surface area contributed by atoms with Crippen LogP contribution in [-0.4, -0.2) is 25.9 Å². The Labute approximate surface area is 153 Å². The van der Waals surface area contributed by atoms with Crippen LogP contribution >= 0.6 is 15.9 Å². The Kier molecular flexibility index (Phi) is 6.82. The SMILES string of the molecule is CC(C)(C)[Si](C)(C)C#CC[C@H](NC(=O)c1cccc(Br)c1)C(N)=O. The lowest BCUT2D eigenvalue weighted by atomic mass is 10.1. The van der Waals surface area contributed by atoms with E-state index in [1.54, 1.807) is 18.2 Å². The second-order valence-electron chi connectivity index (χ2n) is 7.32. The van der Waals surface area contributed by atoms with Crippen molar-refractivity contribution >= 4 is 35.8 Å². The van der Waals surface area contributed by atoms with Crippen molar-refractivity contribution in [3.8, 4) is 11.5 Å². The van der Waals surface area contributed by atoms with E-state index in [2.05, 4.69) is 66.6 Å². The van der Waals surface area contributed by atoms with Crippen LogP contribution in [0.2, 0.25) is 18.1 Å². The molecule has 0 aliphatic heterocycles. The quantitative estimate of drug-likeness (QED) is 0.591. The van der Waals surface area contributed by atoms with Gasteiger partial charge in [0, 0.05) is 16.5 Å².